The van der Waals surface area contributed by atoms with E-state index in [9.17, 15) is 8.42 Å². The Morgan fingerprint density at radius 2 is 1.92 bits per heavy atom. The van der Waals surface area contributed by atoms with Crippen molar-refractivity contribution in [3.8, 4) is 0 Å². The van der Waals surface area contributed by atoms with Gasteiger partial charge in [-0.15, -0.1) is 35.3 Å². The van der Waals surface area contributed by atoms with Gasteiger partial charge in [0.15, 0.2) is 5.96 Å². The Kier molecular flexibility index (Phi) is 12.6. The first-order valence-corrected chi connectivity index (χ1v) is 10.8. The maximum atomic E-state index is 11.3. The van der Waals surface area contributed by atoms with Gasteiger partial charge in [-0.3, -0.25) is 4.99 Å². The van der Waals surface area contributed by atoms with E-state index in [2.05, 4.69) is 32.3 Å². The zero-order valence-corrected chi connectivity index (χ0v) is 19.3. The molecule has 0 bridgehead atoms. The van der Waals surface area contributed by atoms with E-state index in [0.717, 1.165) is 36.2 Å². The largest absolute Gasteiger partial charge is 0.357 e. The van der Waals surface area contributed by atoms with E-state index in [1.807, 2.05) is 13.8 Å². The van der Waals surface area contributed by atoms with Crippen molar-refractivity contribution in [1.82, 2.24) is 20.3 Å². The minimum Gasteiger partial charge on any atom is -0.357 e. The molecule has 1 aromatic heterocycles. The summed E-state index contributed by atoms with van der Waals surface area (Å²) in [6, 6.07) is 0. The van der Waals surface area contributed by atoms with Gasteiger partial charge in [-0.1, -0.05) is 0 Å². The maximum absolute atomic E-state index is 11.3. The third kappa shape index (κ3) is 10.3. The first-order chi connectivity index (χ1) is 11.4. The molecule has 0 saturated carbocycles. The van der Waals surface area contributed by atoms with Crippen LogP contribution >= 0.6 is 35.3 Å². The van der Waals surface area contributed by atoms with E-state index in [-0.39, 0.29) is 29.7 Å². The average Bonchev–Trinajstić information content (AvgIpc) is 2.85. The van der Waals surface area contributed by atoms with E-state index in [1.54, 1.807) is 18.3 Å². The van der Waals surface area contributed by atoms with Gasteiger partial charge in [-0.05, 0) is 34.1 Å². The molecule has 0 aliphatic carbocycles. The van der Waals surface area contributed by atoms with Crippen molar-refractivity contribution >= 4 is 51.3 Å². The summed E-state index contributed by atoms with van der Waals surface area (Å²) in [6.45, 7) is 10.3. The number of aromatic nitrogens is 1. The Hall–Kier alpha value is -0.460. The Morgan fingerprint density at radius 1 is 1.20 bits per heavy atom. The summed E-state index contributed by atoms with van der Waals surface area (Å²) < 4.78 is 25.2. The summed E-state index contributed by atoms with van der Waals surface area (Å²) in [5, 5.41) is 7.60. The molecule has 1 rings (SSSR count). The number of guanidine groups is 1. The molecule has 3 N–H and O–H groups in total. The lowest BCUT2D eigenvalue weighted by Gasteiger charge is -2.10. The molecule has 146 valence electrons. The van der Waals surface area contributed by atoms with Crippen molar-refractivity contribution < 1.29 is 8.42 Å². The first kappa shape index (κ1) is 24.5. The predicted octanol–water partition coefficient (Wildman–Crippen LogP) is 1.80. The fourth-order valence-electron chi connectivity index (χ4n) is 1.88. The summed E-state index contributed by atoms with van der Waals surface area (Å²) in [6.07, 6.45) is 1.53. The molecule has 0 fully saturated rings. The normalized spacial score (nSPS) is 11.9. The van der Waals surface area contributed by atoms with Crippen LogP contribution in [0.5, 0.6) is 0 Å². The van der Waals surface area contributed by atoms with E-state index < -0.39 is 10.0 Å². The average molecular weight is 503 g/mol. The zero-order valence-electron chi connectivity index (χ0n) is 15.4. The molecule has 0 aliphatic rings. The van der Waals surface area contributed by atoms with E-state index in [4.69, 9.17) is 0 Å². The molecule has 0 aliphatic heterocycles. The number of hydrogen-bond donors (Lipinski definition) is 3. The van der Waals surface area contributed by atoms with Gasteiger partial charge in [-0.25, -0.2) is 18.1 Å². The second kappa shape index (κ2) is 12.8. The number of halogens is 1. The standard InChI is InChI=1S/C15H29N5O2S2.HI/c1-5-16-15(17-9-7-10-19-24(21,22)6-2)18-11-8-14-20-12(3)13(4)23-14;/h19H,5-11H2,1-4H3,(H2,16,17,18);1H. The minimum absolute atomic E-state index is 0. The molecule has 0 atom stereocenters. The highest BCUT2D eigenvalue weighted by molar-refractivity contribution is 14.0. The van der Waals surface area contributed by atoms with Crippen molar-refractivity contribution in [3.63, 3.8) is 0 Å². The van der Waals surface area contributed by atoms with Crippen molar-refractivity contribution in [2.75, 3.05) is 31.9 Å². The lowest BCUT2D eigenvalue weighted by Crippen LogP contribution is -2.38. The minimum atomic E-state index is -3.11. The molecule has 0 spiro atoms. The van der Waals surface area contributed by atoms with Gasteiger partial charge in [0.25, 0.3) is 0 Å². The first-order valence-electron chi connectivity index (χ1n) is 8.30. The number of nitrogens with one attached hydrogen (secondary N) is 3. The SMILES string of the molecule is CCNC(=NCCCNS(=O)(=O)CC)NCCc1nc(C)c(C)s1.I. The third-order valence-electron chi connectivity index (χ3n) is 3.36. The zero-order chi connectivity index (χ0) is 18.0. The summed E-state index contributed by atoms with van der Waals surface area (Å²) in [5.74, 6) is 0.858. The Balaban J connectivity index is 0.00000576. The molecule has 25 heavy (non-hydrogen) atoms. The van der Waals surface area contributed by atoms with Crippen LogP contribution in [0.2, 0.25) is 0 Å². The van der Waals surface area contributed by atoms with Crippen LogP contribution in [0.4, 0.5) is 0 Å². The number of aliphatic imine (C=N–C) groups is 1. The summed E-state index contributed by atoms with van der Waals surface area (Å²) >= 11 is 1.73. The third-order valence-corrected chi connectivity index (χ3v) is 5.89. The smallest absolute Gasteiger partial charge is 0.211 e. The summed E-state index contributed by atoms with van der Waals surface area (Å²) in [5.41, 5.74) is 1.10. The van der Waals surface area contributed by atoms with Crippen LogP contribution in [0.3, 0.4) is 0 Å². The Bertz CT molecular complexity index is 612. The number of hydrogen-bond acceptors (Lipinski definition) is 5. The fraction of sp³-hybridized carbons (Fsp3) is 0.733. The van der Waals surface area contributed by atoms with Gasteiger partial charge in [0.1, 0.15) is 0 Å². The lowest BCUT2D eigenvalue weighted by atomic mass is 10.4. The number of thiazole rings is 1. The van der Waals surface area contributed by atoms with Crippen molar-refractivity contribution in [1.29, 1.82) is 0 Å². The van der Waals surface area contributed by atoms with Gasteiger partial charge in [0, 0.05) is 37.5 Å². The highest BCUT2D eigenvalue weighted by atomic mass is 127. The predicted molar refractivity (Wildman–Crippen MR) is 117 cm³/mol. The summed E-state index contributed by atoms with van der Waals surface area (Å²) in [4.78, 5) is 10.2. The molecule has 0 saturated heterocycles. The van der Waals surface area contributed by atoms with Crippen LogP contribution in [0, 0.1) is 13.8 Å². The van der Waals surface area contributed by atoms with Crippen molar-refractivity contribution in [2.24, 2.45) is 4.99 Å². The van der Waals surface area contributed by atoms with Gasteiger partial charge in [-0.2, -0.15) is 0 Å². The van der Waals surface area contributed by atoms with Gasteiger partial charge in [0.05, 0.1) is 16.5 Å². The number of sulfonamides is 1. The summed E-state index contributed by atoms with van der Waals surface area (Å²) in [7, 11) is -3.11. The molecule has 0 aromatic carbocycles. The molecule has 1 heterocycles. The second-order valence-corrected chi connectivity index (χ2v) is 8.72. The van der Waals surface area contributed by atoms with E-state index in [0.29, 0.717) is 19.5 Å². The molecule has 0 unspecified atom stereocenters. The maximum Gasteiger partial charge on any atom is 0.211 e. The van der Waals surface area contributed by atoms with Crippen molar-refractivity contribution in [3.05, 3.63) is 15.6 Å². The van der Waals surface area contributed by atoms with Crippen LogP contribution in [0.25, 0.3) is 0 Å². The topological polar surface area (TPSA) is 95.5 Å². The van der Waals surface area contributed by atoms with E-state index >= 15 is 0 Å². The monoisotopic (exact) mass is 503 g/mol. The van der Waals surface area contributed by atoms with Crippen LogP contribution in [-0.4, -0.2) is 51.3 Å². The van der Waals surface area contributed by atoms with E-state index in [1.165, 1.54) is 4.88 Å². The van der Waals surface area contributed by atoms with Gasteiger partial charge < -0.3 is 10.6 Å². The van der Waals surface area contributed by atoms with Crippen LogP contribution in [-0.2, 0) is 16.4 Å². The molecule has 0 amide bonds. The van der Waals surface area contributed by atoms with Crippen LogP contribution in [0.15, 0.2) is 4.99 Å². The Labute approximate surface area is 172 Å². The lowest BCUT2D eigenvalue weighted by molar-refractivity contribution is 0.581. The van der Waals surface area contributed by atoms with Gasteiger partial charge >= 0.3 is 0 Å². The van der Waals surface area contributed by atoms with Crippen molar-refractivity contribution in [2.45, 2.75) is 40.5 Å². The number of rotatable bonds is 10. The second-order valence-electron chi connectivity index (χ2n) is 5.34. The molecule has 10 heteroatoms. The molecule has 0 radical (unpaired) electrons. The quantitative estimate of drug-likeness (QED) is 0.196. The molecular formula is C15H30IN5O2S2. The fourth-order valence-corrected chi connectivity index (χ4v) is 3.47. The molecular weight excluding hydrogens is 473 g/mol. The van der Waals surface area contributed by atoms with Gasteiger partial charge in [0.2, 0.25) is 10.0 Å². The number of aryl methyl sites for hydroxylation is 2. The Morgan fingerprint density at radius 3 is 2.48 bits per heavy atom. The molecule has 7 nitrogen and oxygen atoms in total. The van der Waals surface area contributed by atoms with Crippen LogP contribution < -0.4 is 15.4 Å². The number of nitrogens with zero attached hydrogens (tertiary/aromatic N) is 2. The van der Waals surface area contributed by atoms with Crippen LogP contribution in [0.1, 0.15) is 35.8 Å². The highest BCUT2D eigenvalue weighted by Crippen LogP contribution is 2.16. The molecule has 1 aromatic rings. The highest BCUT2D eigenvalue weighted by Gasteiger charge is 2.05.